The Labute approximate surface area is 147 Å². The Balaban J connectivity index is 2.36. The lowest BCUT2D eigenvalue weighted by atomic mass is 9.99. The van der Waals surface area contributed by atoms with Gasteiger partial charge in [-0.25, -0.2) is 0 Å². The number of hydrogen-bond acceptors (Lipinski definition) is 5. The first-order valence-corrected chi connectivity index (χ1v) is 8.51. The molecule has 7 heteroatoms. The second kappa shape index (κ2) is 11.3. The van der Waals surface area contributed by atoms with Crippen molar-refractivity contribution in [1.82, 2.24) is 0 Å². The first-order valence-electron chi connectivity index (χ1n) is 8.51. The van der Waals surface area contributed by atoms with Gasteiger partial charge in [0.1, 0.15) is 17.6 Å². The predicted molar refractivity (Wildman–Crippen MR) is 89.2 cm³/mol. The first kappa shape index (κ1) is 20.7. The summed E-state index contributed by atoms with van der Waals surface area (Å²) in [6, 6.07) is 3.76. The molecule has 0 fully saturated rings. The minimum Gasteiger partial charge on any atom is -0.481 e. The van der Waals surface area contributed by atoms with Gasteiger partial charge in [-0.05, 0) is 43.7 Å². The average Bonchev–Trinajstić information content (AvgIpc) is 3.01. The second-order valence-corrected chi connectivity index (χ2v) is 6.27. The first-order chi connectivity index (χ1) is 11.9. The number of furan rings is 1. The van der Waals surface area contributed by atoms with Crippen molar-refractivity contribution < 1.29 is 33.8 Å². The van der Waals surface area contributed by atoms with E-state index < -0.39 is 18.0 Å². The van der Waals surface area contributed by atoms with Gasteiger partial charge in [-0.2, -0.15) is 0 Å². The van der Waals surface area contributed by atoms with E-state index in [1.165, 1.54) is 0 Å². The number of aryl methyl sites for hydroxylation is 2. The largest absolute Gasteiger partial charge is 0.481 e. The summed E-state index contributed by atoms with van der Waals surface area (Å²) in [5, 5.41) is 17.4. The highest BCUT2D eigenvalue weighted by atomic mass is 16.5. The van der Waals surface area contributed by atoms with Gasteiger partial charge < -0.3 is 19.4 Å². The summed E-state index contributed by atoms with van der Waals surface area (Å²) in [6.07, 6.45) is 3.30. The predicted octanol–water partition coefficient (Wildman–Crippen LogP) is 3.05. The Hall–Kier alpha value is -2.31. The lowest BCUT2D eigenvalue weighted by Crippen LogP contribution is -2.15. The van der Waals surface area contributed by atoms with Gasteiger partial charge in [-0.1, -0.05) is 6.92 Å². The molecule has 0 aliphatic carbocycles. The van der Waals surface area contributed by atoms with Gasteiger partial charge in [0.05, 0.1) is 0 Å². The van der Waals surface area contributed by atoms with E-state index in [4.69, 9.17) is 19.4 Å². The smallest absolute Gasteiger partial charge is 0.303 e. The topological polar surface area (TPSA) is 114 Å². The van der Waals surface area contributed by atoms with Gasteiger partial charge in [0.2, 0.25) is 0 Å². The minimum absolute atomic E-state index is 0.0455. The highest BCUT2D eigenvalue weighted by molar-refractivity contribution is 5.66. The monoisotopic (exact) mass is 354 g/mol. The van der Waals surface area contributed by atoms with Gasteiger partial charge in [0.15, 0.2) is 0 Å². The molecule has 0 aliphatic heterocycles. The van der Waals surface area contributed by atoms with Crippen molar-refractivity contribution >= 4 is 18.4 Å². The van der Waals surface area contributed by atoms with E-state index in [-0.39, 0.29) is 19.3 Å². The number of hydrogen-bond donors (Lipinski definition) is 2. The lowest BCUT2D eigenvalue weighted by Gasteiger charge is -2.13. The van der Waals surface area contributed by atoms with Crippen molar-refractivity contribution in [2.75, 3.05) is 0 Å². The van der Waals surface area contributed by atoms with E-state index >= 15 is 0 Å². The van der Waals surface area contributed by atoms with Crippen molar-refractivity contribution in [1.29, 1.82) is 0 Å². The number of aliphatic carboxylic acids is 2. The third-order valence-electron chi connectivity index (χ3n) is 4.09. The quantitative estimate of drug-likeness (QED) is 0.493. The van der Waals surface area contributed by atoms with Crippen LogP contribution in [0.25, 0.3) is 0 Å². The van der Waals surface area contributed by atoms with Crippen LogP contribution in [0.4, 0.5) is 0 Å². The summed E-state index contributed by atoms with van der Waals surface area (Å²) in [5.74, 6) is 0.226. The molecule has 2 unspecified atom stereocenters. The maximum atomic E-state index is 10.6. The van der Waals surface area contributed by atoms with Gasteiger partial charge in [0, 0.05) is 25.7 Å². The van der Waals surface area contributed by atoms with Gasteiger partial charge >= 0.3 is 11.9 Å². The number of carboxylic acids is 2. The van der Waals surface area contributed by atoms with Crippen molar-refractivity contribution in [2.24, 2.45) is 5.92 Å². The molecule has 25 heavy (non-hydrogen) atoms. The van der Waals surface area contributed by atoms with E-state index in [1.807, 2.05) is 19.1 Å². The lowest BCUT2D eigenvalue weighted by molar-refractivity contribution is -0.140. The van der Waals surface area contributed by atoms with Crippen LogP contribution >= 0.6 is 0 Å². The summed E-state index contributed by atoms with van der Waals surface area (Å²) in [5.41, 5.74) is 0. The van der Waals surface area contributed by atoms with Crippen LogP contribution in [0.3, 0.4) is 0 Å². The second-order valence-electron chi connectivity index (χ2n) is 6.27. The number of ether oxygens (including phenoxy) is 1. The molecule has 0 saturated carbocycles. The van der Waals surface area contributed by atoms with Crippen LogP contribution in [0.5, 0.6) is 0 Å². The number of rotatable bonds is 14. The summed E-state index contributed by atoms with van der Waals surface area (Å²) in [7, 11) is 0. The molecule has 1 heterocycles. The molecule has 7 nitrogen and oxygen atoms in total. The van der Waals surface area contributed by atoms with Crippen LogP contribution in [-0.2, 0) is 32.0 Å². The van der Waals surface area contributed by atoms with Crippen LogP contribution in [0.2, 0.25) is 0 Å². The Morgan fingerprint density at radius 1 is 1.04 bits per heavy atom. The maximum Gasteiger partial charge on any atom is 0.303 e. The van der Waals surface area contributed by atoms with Crippen LogP contribution in [0, 0.1) is 5.92 Å². The third kappa shape index (κ3) is 9.54. The van der Waals surface area contributed by atoms with Crippen molar-refractivity contribution in [2.45, 2.75) is 64.4 Å². The normalized spacial score (nSPS) is 13.2. The third-order valence-corrected chi connectivity index (χ3v) is 4.09. The Morgan fingerprint density at radius 2 is 1.60 bits per heavy atom. The number of carbonyl (C=O) groups excluding carboxylic acids is 1. The van der Waals surface area contributed by atoms with E-state index in [0.29, 0.717) is 31.7 Å². The van der Waals surface area contributed by atoms with Crippen molar-refractivity contribution in [3.63, 3.8) is 0 Å². The molecule has 0 spiro atoms. The van der Waals surface area contributed by atoms with Crippen LogP contribution < -0.4 is 0 Å². The highest BCUT2D eigenvalue weighted by Gasteiger charge is 2.14. The zero-order valence-electron chi connectivity index (χ0n) is 14.5. The highest BCUT2D eigenvalue weighted by Crippen LogP contribution is 2.18. The van der Waals surface area contributed by atoms with E-state index in [9.17, 15) is 14.4 Å². The molecule has 0 radical (unpaired) electrons. The molecule has 0 amide bonds. The van der Waals surface area contributed by atoms with Crippen LogP contribution in [0.15, 0.2) is 16.5 Å². The maximum absolute atomic E-state index is 10.6. The van der Waals surface area contributed by atoms with Gasteiger partial charge in [-0.3, -0.25) is 14.4 Å². The average molecular weight is 354 g/mol. The summed E-state index contributed by atoms with van der Waals surface area (Å²) >= 11 is 0. The molecule has 1 aromatic rings. The summed E-state index contributed by atoms with van der Waals surface area (Å²) in [4.78, 5) is 31.6. The molecule has 2 N–H and O–H groups in total. The SMILES string of the molecule is CC(CCC(=O)O)CCc1ccc(CCC(CCC(=O)O)OC=O)o1. The van der Waals surface area contributed by atoms with Gasteiger partial charge in [0.25, 0.3) is 6.47 Å². The standard InChI is InChI=1S/C18H26O7/c1-13(3-10-17(20)21)2-4-15-7-8-16(25-15)6-5-14(24-12-19)9-11-18(22)23/h7-8,12-14H,2-6,9-11H2,1H3,(H,20,21)(H,22,23). The molecular formula is C18H26O7. The van der Waals surface area contributed by atoms with Gasteiger partial charge in [-0.15, -0.1) is 0 Å². The number of carboxylic acid groups (broad SMARTS) is 2. The fourth-order valence-corrected chi connectivity index (χ4v) is 2.54. The molecule has 1 aromatic heterocycles. The zero-order chi connectivity index (χ0) is 18.7. The summed E-state index contributed by atoms with van der Waals surface area (Å²) < 4.78 is 10.6. The van der Waals surface area contributed by atoms with E-state index in [0.717, 1.165) is 24.4 Å². The molecule has 0 saturated heterocycles. The van der Waals surface area contributed by atoms with E-state index in [2.05, 4.69) is 0 Å². The van der Waals surface area contributed by atoms with Crippen LogP contribution in [0.1, 0.15) is 57.0 Å². The minimum atomic E-state index is -0.920. The van der Waals surface area contributed by atoms with Crippen LogP contribution in [-0.4, -0.2) is 34.7 Å². The molecule has 0 aliphatic rings. The fraction of sp³-hybridized carbons (Fsp3) is 0.611. The molecular weight excluding hydrogens is 328 g/mol. The molecule has 140 valence electrons. The van der Waals surface area contributed by atoms with Crippen molar-refractivity contribution in [3.05, 3.63) is 23.7 Å². The molecule has 2 atom stereocenters. The molecule has 1 rings (SSSR count). The van der Waals surface area contributed by atoms with Crippen molar-refractivity contribution in [3.8, 4) is 0 Å². The Bertz CT molecular complexity index is 549. The number of carbonyl (C=O) groups is 3. The molecule has 0 aromatic carbocycles. The zero-order valence-corrected chi connectivity index (χ0v) is 14.5. The summed E-state index contributed by atoms with van der Waals surface area (Å²) in [6.45, 7) is 2.37. The van der Waals surface area contributed by atoms with E-state index in [1.54, 1.807) is 0 Å². The Kier molecular flexibility index (Phi) is 9.36. The fourth-order valence-electron chi connectivity index (χ4n) is 2.54. The molecule has 0 bridgehead atoms. The Morgan fingerprint density at radius 3 is 2.16 bits per heavy atom.